The van der Waals surface area contributed by atoms with Gasteiger partial charge in [-0.05, 0) is 36.5 Å². The predicted molar refractivity (Wildman–Crippen MR) is 57.2 cm³/mol. The Morgan fingerprint density at radius 3 is 3.00 bits per heavy atom. The van der Waals surface area contributed by atoms with Gasteiger partial charge in [0.1, 0.15) is 0 Å². The molecule has 76 valence electrons. The van der Waals surface area contributed by atoms with Crippen LogP contribution in [-0.2, 0) is 12.8 Å². The summed E-state index contributed by atoms with van der Waals surface area (Å²) in [6, 6.07) is 6.33. The maximum absolute atomic E-state index is 10.1. The van der Waals surface area contributed by atoms with Crippen molar-refractivity contribution < 1.29 is 5.11 Å². The minimum Gasteiger partial charge on any atom is -0.388 e. The Balaban J connectivity index is 2.38. The molecule has 1 aromatic rings. The van der Waals surface area contributed by atoms with Gasteiger partial charge in [-0.25, -0.2) is 0 Å². The maximum atomic E-state index is 10.1. The van der Waals surface area contributed by atoms with Crippen molar-refractivity contribution in [2.24, 2.45) is 5.73 Å². The molecule has 0 aromatic heterocycles. The second-order valence-corrected chi connectivity index (χ2v) is 4.32. The van der Waals surface area contributed by atoms with E-state index < -0.39 is 5.60 Å². The first-order valence-electron chi connectivity index (χ1n) is 5.14. The lowest BCUT2D eigenvalue weighted by atomic mass is 9.79. The minimum absolute atomic E-state index is 0.362. The number of fused-ring (bicyclic) bond motifs is 1. The highest BCUT2D eigenvalue weighted by Gasteiger charge is 2.31. The van der Waals surface area contributed by atoms with Crippen LogP contribution in [0.5, 0.6) is 0 Å². The lowest BCUT2D eigenvalue weighted by Crippen LogP contribution is -2.43. The highest BCUT2D eigenvalue weighted by atomic mass is 16.3. The number of nitrogens with two attached hydrogens (primary N) is 1. The van der Waals surface area contributed by atoms with E-state index in [0.717, 1.165) is 12.8 Å². The fourth-order valence-corrected chi connectivity index (χ4v) is 2.21. The zero-order chi connectivity index (χ0) is 10.2. The molecule has 2 nitrogen and oxygen atoms in total. The fraction of sp³-hybridized carbons (Fsp3) is 0.500. The van der Waals surface area contributed by atoms with Gasteiger partial charge < -0.3 is 10.8 Å². The summed E-state index contributed by atoms with van der Waals surface area (Å²) in [5.74, 6) is 0. The molecule has 0 heterocycles. The van der Waals surface area contributed by atoms with E-state index >= 15 is 0 Å². The third-order valence-electron chi connectivity index (χ3n) is 3.25. The summed E-state index contributed by atoms with van der Waals surface area (Å²) >= 11 is 0. The van der Waals surface area contributed by atoms with Crippen LogP contribution in [0.1, 0.15) is 23.1 Å². The van der Waals surface area contributed by atoms with Crippen LogP contribution in [0.2, 0.25) is 0 Å². The number of hydrogen-bond donors (Lipinski definition) is 2. The van der Waals surface area contributed by atoms with Gasteiger partial charge in [0, 0.05) is 13.0 Å². The van der Waals surface area contributed by atoms with Crippen LogP contribution in [-0.4, -0.2) is 17.3 Å². The molecule has 0 radical (unpaired) electrons. The normalized spacial score (nSPS) is 25.9. The lowest BCUT2D eigenvalue weighted by Gasteiger charge is -2.33. The maximum Gasteiger partial charge on any atom is 0.0812 e. The molecule has 2 heteroatoms. The molecule has 0 spiro atoms. The molecule has 0 fully saturated rings. The van der Waals surface area contributed by atoms with Crippen LogP contribution in [0, 0.1) is 6.92 Å². The van der Waals surface area contributed by atoms with Crippen molar-refractivity contribution in [3.05, 3.63) is 34.9 Å². The average Bonchev–Trinajstić information content (AvgIpc) is 2.20. The van der Waals surface area contributed by atoms with Crippen molar-refractivity contribution in [3.8, 4) is 0 Å². The number of rotatable bonds is 1. The van der Waals surface area contributed by atoms with E-state index in [0.29, 0.717) is 13.0 Å². The van der Waals surface area contributed by atoms with Crippen LogP contribution >= 0.6 is 0 Å². The van der Waals surface area contributed by atoms with Gasteiger partial charge in [-0.3, -0.25) is 0 Å². The monoisotopic (exact) mass is 191 g/mol. The van der Waals surface area contributed by atoms with Gasteiger partial charge in [-0.1, -0.05) is 18.2 Å². The molecule has 1 atom stereocenters. The number of aliphatic hydroxyl groups is 1. The Hall–Kier alpha value is -0.860. The molecule has 0 aliphatic heterocycles. The van der Waals surface area contributed by atoms with E-state index in [1.54, 1.807) is 0 Å². The van der Waals surface area contributed by atoms with Crippen molar-refractivity contribution in [2.75, 3.05) is 6.54 Å². The molecule has 3 N–H and O–H groups in total. The molecule has 1 aliphatic rings. The zero-order valence-electron chi connectivity index (χ0n) is 8.59. The van der Waals surface area contributed by atoms with Crippen LogP contribution < -0.4 is 5.73 Å². The van der Waals surface area contributed by atoms with Gasteiger partial charge in [0.05, 0.1) is 5.60 Å². The molecular formula is C12H17NO. The molecule has 2 rings (SSSR count). The summed E-state index contributed by atoms with van der Waals surface area (Å²) in [7, 11) is 0. The fourth-order valence-electron chi connectivity index (χ4n) is 2.21. The third-order valence-corrected chi connectivity index (χ3v) is 3.25. The summed E-state index contributed by atoms with van der Waals surface area (Å²) in [5, 5.41) is 10.1. The van der Waals surface area contributed by atoms with Crippen molar-refractivity contribution >= 4 is 0 Å². The van der Waals surface area contributed by atoms with Gasteiger partial charge >= 0.3 is 0 Å². The SMILES string of the molecule is Cc1cccc2c1CC(O)(CN)CC2. The summed E-state index contributed by atoms with van der Waals surface area (Å²) in [6.45, 7) is 2.46. The molecule has 14 heavy (non-hydrogen) atoms. The highest BCUT2D eigenvalue weighted by Crippen LogP contribution is 2.29. The van der Waals surface area contributed by atoms with Crippen LogP contribution in [0.15, 0.2) is 18.2 Å². The molecule has 0 saturated heterocycles. The van der Waals surface area contributed by atoms with Gasteiger partial charge in [-0.2, -0.15) is 0 Å². The second-order valence-electron chi connectivity index (χ2n) is 4.32. The third kappa shape index (κ3) is 1.56. The first-order chi connectivity index (χ1) is 6.64. The number of aryl methyl sites for hydroxylation is 2. The van der Waals surface area contributed by atoms with E-state index in [2.05, 4.69) is 25.1 Å². The smallest absolute Gasteiger partial charge is 0.0812 e. The number of hydrogen-bond acceptors (Lipinski definition) is 2. The number of benzene rings is 1. The standard InChI is InChI=1S/C12H17NO/c1-9-3-2-4-10-5-6-12(14,8-13)7-11(9)10/h2-4,14H,5-8,13H2,1H3. The molecule has 0 bridgehead atoms. The summed E-state index contributed by atoms with van der Waals surface area (Å²) in [6.07, 6.45) is 2.45. The van der Waals surface area contributed by atoms with E-state index in [4.69, 9.17) is 5.73 Å². The highest BCUT2D eigenvalue weighted by molar-refractivity contribution is 5.37. The van der Waals surface area contributed by atoms with Crippen LogP contribution in [0.3, 0.4) is 0 Å². The van der Waals surface area contributed by atoms with E-state index in [1.807, 2.05) is 0 Å². The first kappa shape index (κ1) is 9.69. The predicted octanol–water partition coefficient (Wildman–Crippen LogP) is 1.17. The van der Waals surface area contributed by atoms with E-state index in [1.165, 1.54) is 16.7 Å². The minimum atomic E-state index is -0.668. The van der Waals surface area contributed by atoms with Crippen molar-refractivity contribution in [1.82, 2.24) is 0 Å². The second kappa shape index (κ2) is 3.37. The van der Waals surface area contributed by atoms with Crippen molar-refractivity contribution in [3.63, 3.8) is 0 Å². The Morgan fingerprint density at radius 1 is 1.50 bits per heavy atom. The topological polar surface area (TPSA) is 46.2 Å². The summed E-state index contributed by atoms with van der Waals surface area (Å²) in [5.41, 5.74) is 8.88. The largest absolute Gasteiger partial charge is 0.388 e. The van der Waals surface area contributed by atoms with E-state index in [-0.39, 0.29) is 0 Å². The summed E-state index contributed by atoms with van der Waals surface area (Å²) < 4.78 is 0. The molecular weight excluding hydrogens is 174 g/mol. The van der Waals surface area contributed by atoms with E-state index in [9.17, 15) is 5.11 Å². The van der Waals surface area contributed by atoms with Crippen molar-refractivity contribution in [1.29, 1.82) is 0 Å². The van der Waals surface area contributed by atoms with Crippen LogP contribution in [0.4, 0.5) is 0 Å². The van der Waals surface area contributed by atoms with Crippen molar-refractivity contribution in [2.45, 2.75) is 31.8 Å². The zero-order valence-corrected chi connectivity index (χ0v) is 8.59. The quantitative estimate of drug-likeness (QED) is 0.700. The van der Waals surface area contributed by atoms with Gasteiger partial charge in [-0.15, -0.1) is 0 Å². The average molecular weight is 191 g/mol. The summed E-state index contributed by atoms with van der Waals surface area (Å²) in [4.78, 5) is 0. The Morgan fingerprint density at radius 2 is 2.29 bits per heavy atom. The lowest BCUT2D eigenvalue weighted by molar-refractivity contribution is 0.0351. The van der Waals surface area contributed by atoms with Gasteiger partial charge in [0.2, 0.25) is 0 Å². The molecule has 1 aliphatic carbocycles. The Labute approximate surface area is 84.7 Å². The molecule has 0 saturated carbocycles. The molecule has 0 amide bonds. The Bertz CT molecular complexity index is 348. The molecule has 1 unspecified atom stereocenters. The van der Waals surface area contributed by atoms with Gasteiger partial charge in [0.25, 0.3) is 0 Å². The Kier molecular flexibility index (Phi) is 2.33. The van der Waals surface area contributed by atoms with Gasteiger partial charge in [0.15, 0.2) is 0 Å². The molecule has 1 aromatic carbocycles. The first-order valence-corrected chi connectivity index (χ1v) is 5.14. The van der Waals surface area contributed by atoms with Crippen LogP contribution in [0.25, 0.3) is 0 Å².